The fourth-order valence-electron chi connectivity index (χ4n) is 3.59. The number of hydrogen-bond donors (Lipinski definition) is 2. The first-order valence-electron chi connectivity index (χ1n) is 7.26. The van der Waals surface area contributed by atoms with E-state index in [1.54, 1.807) is 0 Å². The highest BCUT2D eigenvalue weighted by Gasteiger charge is 2.39. The molecule has 0 aliphatic heterocycles. The van der Waals surface area contributed by atoms with Crippen LogP contribution in [-0.4, -0.2) is 23.1 Å². The van der Waals surface area contributed by atoms with Gasteiger partial charge in [-0.05, 0) is 59.9 Å². The highest BCUT2D eigenvalue weighted by molar-refractivity contribution is 9.10. The highest BCUT2D eigenvalue weighted by Crippen LogP contribution is 2.48. The molecule has 3 rings (SSSR count). The van der Waals surface area contributed by atoms with E-state index in [2.05, 4.69) is 36.5 Å². The average Bonchev–Trinajstić information content (AvgIpc) is 3.02. The molecular weight excluding hydrogens is 304 g/mol. The third-order valence-electron chi connectivity index (χ3n) is 4.50. The van der Waals surface area contributed by atoms with E-state index >= 15 is 0 Å². The maximum Gasteiger partial charge on any atom is 0.224 e. The van der Waals surface area contributed by atoms with Gasteiger partial charge in [0.1, 0.15) is 5.82 Å². The Kier molecular flexibility index (Phi) is 3.91. The minimum absolute atomic E-state index is 0.696. The van der Waals surface area contributed by atoms with Gasteiger partial charge in [0.25, 0.3) is 0 Å². The van der Waals surface area contributed by atoms with Crippen molar-refractivity contribution in [2.45, 2.75) is 32.6 Å². The number of anilines is 2. The lowest BCUT2D eigenvalue weighted by atomic mass is 9.89. The molecule has 2 N–H and O–H groups in total. The lowest BCUT2D eigenvalue weighted by Gasteiger charge is -2.22. The summed E-state index contributed by atoms with van der Waals surface area (Å²) in [4.78, 5) is 8.74. The maximum absolute atomic E-state index is 4.50. The third-order valence-corrected chi connectivity index (χ3v) is 5.08. The summed E-state index contributed by atoms with van der Waals surface area (Å²) in [5.41, 5.74) is 0. The van der Waals surface area contributed by atoms with Crippen molar-refractivity contribution in [1.29, 1.82) is 0 Å². The molecule has 5 heteroatoms. The number of aromatic nitrogens is 2. The van der Waals surface area contributed by atoms with E-state index in [4.69, 9.17) is 0 Å². The number of fused-ring (bicyclic) bond motifs is 2. The van der Waals surface area contributed by atoms with Crippen molar-refractivity contribution < 1.29 is 0 Å². The topological polar surface area (TPSA) is 49.8 Å². The Hall–Kier alpha value is -0.840. The number of rotatable bonds is 5. The Labute approximate surface area is 122 Å². The van der Waals surface area contributed by atoms with Crippen LogP contribution >= 0.6 is 15.9 Å². The van der Waals surface area contributed by atoms with Crippen LogP contribution in [0.4, 0.5) is 11.8 Å². The fraction of sp³-hybridized carbons (Fsp3) is 0.714. The van der Waals surface area contributed by atoms with Crippen molar-refractivity contribution >= 4 is 27.7 Å². The van der Waals surface area contributed by atoms with Gasteiger partial charge < -0.3 is 10.6 Å². The molecule has 1 aromatic heterocycles. The molecule has 0 radical (unpaired) electrons. The van der Waals surface area contributed by atoms with E-state index in [0.717, 1.165) is 41.1 Å². The van der Waals surface area contributed by atoms with Crippen LogP contribution in [0, 0.1) is 17.8 Å². The van der Waals surface area contributed by atoms with E-state index in [9.17, 15) is 0 Å². The van der Waals surface area contributed by atoms with Crippen molar-refractivity contribution in [2.24, 2.45) is 17.8 Å². The quantitative estimate of drug-likeness (QED) is 0.870. The van der Waals surface area contributed by atoms with Crippen molar-refractivity contribution in [2.75, 3.05) is 23.7 Å². The first kappa shape index (κ1) is 13.2. The Bertz CT molecular complexity index is 451. The van der Waals surface area contributed by atoms with Gasteiger partial charge in [-0.2, -0.15) is 4.98 Å². The van der Waals surface area contributed by atoms with Crippen LogP contribution in [0.3, 0.4) is 0 Å². The lowest BCUT2D eigenvalue weighted by molar-refractivity contribution is 0.348. The second-order valence-electron chi connectivity index (χ2n) is 5.74. The Morgan fingerprint density at radius 1 is 1.32 bits per heavy atom. The van der Waals surface area contributed by atoms with Crippen LogP contribution < -0.4 is 10.6 Å². The monoisotopic (exact) mass is 324 g/mol. The molecule has 3 atom stereocenters. The van der Waals surface area contributed by atoms with E-state index in [1.807, 2.05) is 13.1 Å². The fourth-order valence-corrected chi connectivity index (χ4v) is 3.92. The number of nitrogens with one attached hydrogen (secondary N) is 2. The molecular formula is C14H21BrN4. The first-order chi connectivity index (χ1) is 9.26. The molecule has 2 fully saturated rings. The summed E-state index contributed by atoms with van der Waals surface area (Å²) in [6.07, 6.45) is 7.57. The summed E-state index contributed by atoms with van der Waals surface area (Å²) < 4.78 is 0.942. The molecule has 2 bridgehead atoms. The minimum atomic E-state index is 0.696. The average molecular weight is 325 g/mol. The van der Waals surface area contributed by atoms with Crippen LogP contribution in [0.5, 0.6) is 0 Å². The van der Waals surface area contributed by atoms with E-state index in [-0.39, 0.29) is 0 Å². The minimum Gasteiger partial charge on any atom is -0.369 e. The normalized spacial score (nSPS) is 28.6. The summed E-state index contributed by atoms with van der Waals surface area (Å²) in [6, 6.07) is 0. The summed E-state index contributed by atoms with van der Waals surface area (Å²) >= 11 is 3.52. The van der Waals surface area contributed by atoms with Crippen molar-refractivity contribution in [1.82, 2.24) is 9.97 Å². The second-order valence-corrected chi connectivity index (χ2v) is 6.59. The van der Waals surface area contributed by atoms with Gasteiger partial charge in [-0.3, -0.25) is 0 Å². The zero-order chi connectivity index (χ0) is 13.2. The molecule has 2 aliphatic carbocycles. The van der Waals surface area contributed by atoms with E-state index < -0.39 is 0 Å². The molecule has 1 heterocycles. The van der Waals surface area contributed by atoms with Gasteiger partial charge in [0.05, 0.1) is 4.47 Å². The van der Waals surface area contributed by atoms with Gasteiger partial charge >= 0.3 is 0 Å². The van der Waals surface area contributed by atoms with E-state index in [1.165, 1.54) is 25.7 Å². The smallest absolute Gasteiger partial charge is 0.224 e. The van der Waals surface area contributed by atoms with Crippen molar-refractivity contribution in [3.63, 3.8) is 0 Å². The molecule has 0 amide bonds. The van der Waals surface area contributed by atoms with Gasteiger partial charge in [0.15, 0.2) is 0 Å². The largest absolute Gasteiger partial charge is 0.369 e. The van der Waals surface area contributed by atoms with Crippen LogP contribution in [0.2, 0.25) is 0 Å². The Balaban J connectivity index is 1.61. The molecule has 2 aliphatic rings. The maximum atomic E-state index is 4.50. The van der Waals surface area contributed by atoms with E-state index in [0.29, 0.717) is 5.95 Å². The number of halogens is 1. The predicted octanol–water partition coefficient (Wildman–Crippen LogP) is 3.52. The van der Waals surface area contributed by atoms with Crippen LogP contribution in [0.1, 0.15) is 32.6 Å². The van der Waals surface area contributed by atoms with Gasteiger partial charge in [-0.25, -0.2) is 4.98 Å². The van der Waals surface area contributed by atoms with Gasteiger partial charge in [-0.15, -0.1) is 0 Å². The highest BCUT2D eigenvalue weighted by atomic mass is 79.9. The Morgan fingerprint density at radius 2 is 2.21 bits per heavy atom. The predicted molar refractivity (Wildman–Crippen MR) is 81.3 cm³/mol. The van der Waals surface area contributed by atoms with Crippen LogP contribution in [0.15, 0.2) is 10.7 Å². The molecule has 3 unspecified atom stereocenters. The van der Waals surface area contributed by atoms with Gasteiger partial charge in [-0.1, -0.05) is 6.42 Å². The number of hydrogen-bond acceptors (Lipinski definition) is 4. The first-order valence-corrected chi connectivity index (χ1v) is 8.05. The molecule has 104 valence electrons. The van der Waals surface area contributed by atoms with Crippen LogP contribution in [0.25, 0.3) is 0 Å². The second kappa shape index (κ2) is 5.65. The molecule has 0 spiro atoms. The molecule has 4 nitrogen and oxygen atoms in total. The van der Waals surface area contributed by atoms with Crippen LogP contribution in [-0.2, 0) is 0 Å². The molecule has 0 aromatic carbocycles. The van der Waals surface area contributed by atoms with Crippen molar-refractivity contribution in [3.8, 4) is 0 Å². The lowest BCUT2D eigenvalue weighted by Crippen LogP contribution is -2.21. The van der Waals surface area contributed by atoms with Crippen molar-refractivity contribution in [3.05, 3.63) is 10.7 Å². The standard InChI is InChI=1S/C14H21BrN4/c1-2-16-14-18-8-12(15)13(19-14)17-7-11-6-9-3-4-10(11)5-9/h8-11H,2-7H2,1H3,(H2,16,17,18,19). The summed E-state index contributed by atoms with van der Waals surface area (Å²) in [6.45, 7) is 3.93. The number of nitrogens with zero attached hydrogens (tertiary/aromatic N) is 2. The zero-order valence-corrected chi connectivity index (χ0v) is 12.9. The summed E-state index contributed by atoms with van der Waals surface area (Å²) in [7, 11) is 0. The van der Waals surface area contributed by atoms with Gasteiger partial charge in [0, 0.05) is 19.3 Å². The SMILES string of the molecule is CCNc1ncc(Br)c(NCC2CC3CCC2C3)n1. The summed E-state index contributed by atoms with van der Waals surface area (Å²) in [5, 5.41) is 6.65. The van der Waals surface area contributed by atoms with Gasteiger partial charge in [0.2, 0.25) is 5.95 Å². The molecule has 2 saturated carbocycles. The molecule has 19 heavy (non-hydrogen) atoms. The molecule has 0 saturated heterocycles. The summed E-state index contributed by atoms with van der Waals surface area (Å²) in [5.74, 6) is 4.40. The zero-order valence-electron chi connectivity index (χ0n) is 11.3. The third kappa shape index (κ3) is 2.86. The molecule has 1 aromatic rings. The Morgan fingerprint density at radius 3 is 2.89 bits per heavy atom.